The van der Waals surface area contributed by atoms with Crippen molar-refractivity contribution in [1.82, 2.24) is 0 Å². The first-order valence-electron chi connectivity index (χ1n) is 20.8. The first-order chi connectivity index (χ1) is 24.4. The van der Waals surface area contributed by atoms with Crippen LogP contribution in [-0.2, 0) is 23.7 Å². The second kappa shape index (κ2) is 33.7. The molecule has 0 aliphatic carbocycles. The van der Waals surface area contributed by atoms with Crippen molar-refractivity contribution in [2.24, 2.45) is 0 Å². The van der Waals surface area contributed by atoms with Gasteiger partial charge < -0.3 is 39.4 Å². The van der Waals surface area contributed by atoms with Gasteiger partial charge in [-0.3, -0.25) is 4.79 Å². The fourth-order valence-electron chi connectivity index (χ4n) is 6.37. The smallest absolute Gasteiger partial charge is 0.306 e. The van der Waals surface area contributed by atoms with Crippen LogP contribution in [0.5, 0.6) is 0 Å². The zero-order valence-electron chi connectivity index (χ0n) is 32.2. The molecule has 1 heterocycles. The molecule has 0 aromatic heterocycles. The second-order valence-electron chi connectivity index (χ2n) is 14.4. The van der Waals surface area contributed by atoms with E-state index in [1.54, 1.807) is 0 Å². The minimum atomic E-state index is -1.53. The Morgan fingerprint density at radius 3 is 1.62 bits per heavy atom. The van der Waals surface area contributed by atoms with E-state index in [1.165, 1.54) is 128 Å². The van der Waals surface area contributed by atoms with Crippen molar-refractivity contribution in [3.8, 4) is 0 Å². The normalized spacial score (nSPS) is 21.6. The lowest BCUT2D eigenvalue weighted by Gasteiger charge is -2.39. The molecule has 1 aliphatic rings. The molecule has 0 aromatic rings. The van der Waals surface area contributed by atoms with Crippen LogP contribution in [0.2, 0.25) is 0 Å². The molecule has 0 saturated carbocycles. The zero-order valence-corrected chi connectivity index (χ0v) is 32.2. The van der Waals surface area contributed by atoms with Crippen molar-refractivity contribution in [3.63, 3.8) is 0 Å². The van der Waals surface area contributed by atoms with E-state index >= 15 is 0 Å². The van der Waals surface area contributed by atoms with E-state index in [1.807, 2.05) is 0 Å². The minimum absolute atomic E-state index is 0.111. The number of hydrogen-bond acceptors (Lipinski definition) is 9. The van der Waals surface area contributed by atoms with Crippen molar-refractivity contribution in [2.45, 2.75) is 218 Å². The van der Waals surface area contributed by atoms with Gasteiger partial charge in [0.05, 0.1) is 19.8 Å². The molecule has 1 aliphatic heterocycles. The van der Waals surface area contributed by atoms with Crippen molar-refractivity contribution in [2.75, 3.05) is 26.4 Å². The third-order valence-electron chi connectivity index (χ3n) is 9.68. The highest BCUT2D eigenvalue weighted by Gasteiger charge is 2.44. The number of carbonyl (C=O) groups is 1. The zero-order chi connectivity index (χ0) is 36.5. The molecule has 1 rings (SSSR count). The van der Waals surface area contributed by atoms with Gasteiger partial charge in [0.1, 0.15) is 30.5 Å². The highest BCUT2D eigenvalue weighted by Crippen LogP contribution is 2.22. The van der Waals surface area contributed by atoms with E-state index in [4.69, 9.17) is 18.9 Å². The van der Waals surface area contributed by atoms with Crippen LogP contribution in [0.4, 0.5) is 0 Å². The fourth-order valence-corrected chi connectivity index (χ4v) is 6.37. The molecule has 0 radical (unpaired) electrons. The summed E-state index contributed by atoms with van der Waals surface area (Å²) in [6.45, 7) is 4.54. The van der Waals surface area contributed by atoms with Crippen molar-refractivity contribution in [1.29, 1.82) is 0 Å². The van der Waals surface area contributed by atoms with Crippen LogP contribution >= 0.6 is 0 Å². The van der Waals surface area contributed by atoms with Gasteiger partial charge in [-0.2, -0.15) is 0 Å². The fraction of sp³-hybridized carbons (Fsp3) is 0.927. The van der Waals surface area contributed by atoms with Gasteiger partial charge in [-0.25, -0.2) is 0 Å². The number of ether oxygens (including phenoxy) is 4. The number of aliphatic hydroxyl groups excluding tert-OH is 4. The Balaban J connectivity index is 2.29. The van der Waals surface area contributed by atoms with Gasteiger partial charge in [-0.15, -0.1) is 0 Å². The van der Waals surface area contributed by atoms with Gasteiger partial charge in [-0.05, 0) is 38.5 Å². The Hall–Kier alpha value is -1.07. The standard InChI is InChI=1S/C41H78O9/c1-3-5-7-9-11-13-15-17-18-19-21-23-25-27-29-31-47-33-35(34-48-41-40(46)39(45)38(44)36(32-42)50-41)49-37(43)30-28-26-24-22-20-16-14-12-10-8-6-4-2/h15,17,35-36,38-42,44-46H,3-14,16,18-34H2,1-2H3/b17-15-. The summed E-state index contributed by atoms with van der Waals surface area (Å²) >= 11 is 0. The summed E-state index contributed by atoms with van der Waals surface area (Å²) in [4.78, 5) is 12.7. The lowest BCUT2D eigenvalue weighted by atomic mass is 9.99. The molecule has 0 spiro atoms. The molecule has 50 heavy (non-hydrogen) atoms. The first kappa shape index (κ1) is 47.0. The quantitative estimate of drug-likeness (QED) is 0.0290. The van der Waals surface area contributed by atoms with E-state index in [9.17, 15) is 25.2 Å². The summed E-state index contributed by atoms with van der Waals surface area (Å²) < 4.78 is 22.7. The van der Waals surface area contributed by atoms with Gasteiger partial charge in [0.25, 0.3) is 0 Å². The van der Waals surface area contributed by atoms with Gasteiger partial charge in [0, 0.05) is 13.0 Å². The van der Waals surface area contributed by atoms with Crippen LogP contribution in [-0.4, -0.2) is 89.6 Å². The third-order valence-corrected chi connectivity index (χ3v) is 9.68. The number of esters is 1. The van der Waals surface area contributed by atoms with Crippen LogP contribution in [0.15, 0.2) is 12.2 Å². The van der Waals surface area contributed by atoms with E-state index in [-0.39, 0.29) is 19.2 Å². The van der Waals surface area contributed by atoms with Crippen LogP contribution in [0.1, 0.15) is 181 Å². The van der Waals surface area contributed by atoms with Gasteiger partial charge in [0.15, 0.2) is 6.29 Å². The summed E-state index contributed by atoms with van der Waals surface area (Å²) in [7, 11) is 0. The SMILES string of the molecule is CCCCCCC/C=C\CCCCCCCCOCC(COC1OC(CO)C(O)C(O)C1O)OC(=O)CCCCCCCCCCCCCC. The number of unbranched alkanes of at least 4 members (excludes halogenated alkanes) is 22. The highest BCUT2D eigenvalue weighted by molar-refractivity contribution is 5.69. The molecule has 6 atom stereocenters. The Morgan fingerprint density at radius 2 is 1.10 bits per heavy atom. The summed E-state index contributed by atoms with van der Waals surface area (Å²) in [5.74, 6) is -0.315. The largest absolute Gasteiger partial charge is 0.457 e. The number of rotatable bonds is 35. The Morgan fingerprint density at radius 1 is 0.620 bits per heavy atom. The monoisotopic (exact) mass is 715 g/mol. The predicted molar refractivity (Wildman–Crippen MR) is 201 cm³/mol. The van der Waals surface area contributed by atoms with Crippen LogP contribution in [0, 0.1) is 0 Å². The molecule has 296 valence electrons. The molecule has 9 nitrogen and oxygen atoms in total. The summed E-state index contributed by atoms with van der Waals surface area (Å²) in [5.41, 5.74) is 0. The number of aliphatic hydroxyl groups is 4. The predicted octanol–water partition coefficient (Wildman–Crippen LogP) is 8.47. The van der Waals surface area contributed by atoms with Crippen LogP contribution < -0.4 is 0 Å². The molecule has 1 saturated heterocycles. The first-order valence-corrected chi connectivity index (χ1v) is 20.8. The van der Waals surface area contributed by atoms with E-state index in [2.05, 4.69) is 26.0 Å². The molecule has 9 heteroatoms. The van der Waals surface area contributed by atoms with Crippen molar-refractivity contribution >= 4 is 5.97 Å². The Labute approximate surface area is 305 Å². The maximum atomic E-state index is 12.7. The molecule has 4 N–H and O–H groups in total. The number of hydrogen-bond donors (Lipinski definition) is 4. The topological polar surface area (TPSA) is 135 Å². The van der Waals surface area contributed by atoms with Crippen LogP contribution in [0.3, 0.4) is 0 Å². The van der Waals surface area contributed by atoms with Gasteiger partial charge in [0.2, 0.25) is 0 Å². The molecule has 0 bridgehead atoms. The highest BCUT2D eigenvalue weighted by atomic mass is 16.7. The molecule has 0 amide bonds. The van der Waals surface area contributed by atoms with Gasteiger partial charge in [-0.1, -0.05) is 148 Å². The Bertz CT molecular complexity index is 777. The second-order valence-corrected chi connectivity index (χ2v) is 14.4. The molecular formula is C41H78O9. The average molecular weight is 715 g/mol. The maximum Gasteiger partial charge on any atom is 0.306 e. The van der Waals surface area contributed by atoms with E-state index in [0.29, 0.717) is 13.0 Å². The minimum Gasteiger partial charge on any atom is -0.457 e. The molecule has 0 aromatic carbocycles. The molecular weight excluding hydrogens is 636 g/mol. The van der Waals surface area contributed by atoms with Crippen molar-refractivity contribution < 1.29 is 44.2 Å². The summed E-state index contributed by atoms with van der Waals surface area (Å²) in [6.07, 6.45) is 28.0. The molecule has 6 unspecified atom stereocenters. The summed E-state index contributed by atoms with van der Waals surface area (Å²) in [5, 5.41) is 40.0. The average Bonchev–Trinajstić information content (AvgIpc) is 3.11. The third kappa shape index (κ3) is 25.0. The Kier molecular flexibility index (Phi) is 31.7. The lowest BCUT2D eigenvalue weighted by molar-refractivity contribution is -0.305. The van der Waals surface area contributed by atoms with Crippen LogP contribution in [0.25, 0.3) is 0 Å². The van der Waals surface area contributed by atoms with E-state index in [0.717, 1.165) is 32.1 Å². The maximum absolute atomic E-state index is 12.7. The number of carbonyl (C=O) groups excluding carboxylic acids is 1. The number of allylic oxidation sites excluding steroid dienone is 2. The van der Waals surface area contributed by atoms with Crippen molar-refractivity contribution in [3.05, 3.63) is 12.2 Å². The van der Waals surface area contributed by atoms with Gasteiger partial charge >= 0.3 is 5.97 Å². The summed E-state index contributed by atoms with van der Waals surface area (Å²) in [6, 6.07) is 0. The molecule has 1 fully saturated rings. The van der Waals surface area contributed by atoms with E-state index < -0.39 is 43.4 Å². The lowest BCUT2D eigenvalue weighted by Crippen LogP contribution is -2.59.